The monoisotopic (exact) mass is 426 g/mol. The van der Waals surface area contributed by atoms with E-state index in [1.807, 2.05) is 0 Å². The average Bonchev–Trinajstić information content (AvgIpc) is 3.01. The Labute approximate surface area is 176 Å². The zero-order valence-electron chi connectivity index (χ0n) is 16.0. The lowest BCUT2D eigenvalue weighted by Gasteiger charge is -2.13. The van der Waals surface area contributed by atoms with E-state index in [2.05, 4.69) is 10.1 Å². The molecule has 0 aromatic heterocycles. The molecule has 9 heteroatoms. The Morgan fingerprint density at radius 1 is 1.00 bits per heavy atom. The third-order valence-electron chi connectivity index (χ3n) is 4.36. The van der Waals surface area contributed by atoms with Crippen LogP contribution in [0.25, 0.3) is 0 Å². The van der Waals surface area contributed by atoms with Crippen molar-refractivity contribution in [2.24, 2.45) is 0 Å². The zero-order chi connectivity index (χ0) is 21.7. The van der Waals surface area contributed by atoms with Gasteiger partial charge in [0.15, 0.2) is 5.78 Å². The van der Waals surface area contributed by atoms with Crippen molar-refractivity contribution in [3.05, 3.63) is 65.7 Å². The standard InChI is InChI=1S/C21H18N2O6S/c1-29-20(27)14-7-9-15(10-8-14)22-18(25)11-17-19(26)23(21(28)30-17)12-16(24)13-5-3-2-4-6-13/h2-10,17H,11-12H2,1H3,(H,22,25)/t17-/m1/s1. The summed E-state index contributed by atoms with van der Waals surface area (Å²) in [6.07, 6.45) is -0.218. The fraction of sp³-hybridized carbons (Fsp3) is 0.190. The molecule has 3 amide bonds. The molecule has 1 aliphatic heterocycles. The second-order valence-corrected chi connectivity index (χ2v) is 7.56. The number of Topliss-reactive ketones (excluding diaryl/α,β-unsaturated/α-hetero) is 1. The number of thioether (sulfide) groups is 1. The molecular weight excluding hydrogens is 408 g/mol. The van der Waals surface area contributed by atoms with Crippen molar-refractivity contribution >= 4 is 46.3 Å². The van der Waals surface area contributed by atoms with Crippen molar-refractivity contribution in [2.75, 3.05) is 19.0 Å². The summed E-state index contributed by atoms with van der Waals surface area (Å²) in [5.74, 6) is -1.88. The summed E-state index contributed by atoms with van der Waals surface area (Å²) >= 11 is 0.730. The van der Waals surface area contributed by atoms with Gasteiger partial charge >= 0.3 is 5.97 Å². The highest BCUT2D eigenvalue weighted by Crippen LogP contribution is 2.29. The summed E-state index contributed by atoms with van der Waals surface area (Å²) in [7, 11) is 1.27. The van der Waals surface area contributed by atoms with Gasteiger partial charge < -0.3 is 10.1 Å². The first-order valence-corrected chi connectivity index (χ1v) is 9.85. The summed E-state index contributed by atoms with van der Waals surface area (Å²) in [6, 6.07) is 14.4. The molecule has 0 radical (unpaired) electrons. The van der Waals surface area contributed by atoms with Crippen LogP contribution in [0.3, 0.4) is 0 Å². The maximum Gasteiger partial charge on any atom is 0.337 e. The maximum absolute atomic E-state index is 12.5. The molecule has 0 bridgehead atoms. The molecule has 1 atom stereocenters. The number of ether oxygens (including phenoxy) is 1. The van der Waals surface area contributed by atoms with E-state index in [0.29, 0.717) is 16.8 Å². The predicted molar refractivity (Wildman–Crippen MR) is 110 cm³/mol. The Bertz CT molecular complexity index is 990. The molecular formula is C21H18N2O6S. The Kier molecular flexibility index (Phi) is 6.63. The van der Waals surface area contributed by atoms with Gasteiger partial charge in [-0.1, -0.05) is 42.1 Å². The molecule has 3 rings (SSSR count). The second-order valence-electron chi connectivity index (χ2n) is 6.41. The quantitative estimate of drug-likeness (QED) is 0.535. The van der Waals surface area contributed by atoms with E-state index < -0.39 is 28.3 Å². The van der Waals surface area contributed by atoms with Crippen molar-refractivity contribution in [3.63, 3.8) is 0 Å². The van der Waals surface area contributed by atoms with Crippen molar-refractivity contribution in [3.8, 4) is 0 Å². The zero-order valence-corrected chi connectivity index (χ0v) is 16.8. The third kappa shape index (κ3) is 4.93. The van der Waals surface area contributed by atoms with E-state index in [0.717, 1.165) is 16.7 Å². The molecule has 1 saturated heterocycles. The number of carbonyl (C=O) groups excluding carboxylic acids is 5. The molecule has 0 saturated carbocycles. The van der Waals surface area contributed by atoms with Gasteiger partial charge in [0.2, 0.25) is 11.8 Å². The third-order valence-corrected chi connectivity index (χ3v) is 5.44. The molecule has 2 aromatic rings. The molecule has 0 spiro atoms. The summed E-state index contributed by atoms with van der Waals surface area (Å²) in [6.45, 7) is -0.359. The minimum absolute atomic E-state index is 0.218. The van der Waals surface area contributed by atoms with E-state index in [-0.39, 0.29) is 18.7 Å². The number of amides is 3. The van der Waals surface area contributed by atoms with Crippen molar-refractivity contribution in [1.29, 1.82) is 0 Å². The molecule has 1 fully saturated rings. The van der Waals surface area contributed by atoms with Gasteiger partial charge in [0.05, 0.1) is 19.2 Å². The van der Waals surface area contributed by atoms with Crippen LogP contribution >= 0.6 is 11.8 Å². The Morgan fingerprint density at radius 3 is 2.30 bits per heavy atom. The highest BCUT2D eigenvalue weighted by molar-refractivity contribution is 8.15. The number of ketones is 1. The first kappa shape index (κ1) is 21.3. The van der Waals surface area contributed by atoms with Crippen molar-refractivity contribution in [2.45, 2.75) is 11.7 Å². The van der Waals surface area contributed by atoms with Crippen LogP contribution < -0.4 is 5.32 Å². The van der Waals surface area contributed by atoms with Gasteiger partial charge in [-0.05, 0) is 24.3 Å². The van der Waals surface area contributed by atoms with Crippen LogP contribution in [0.4, 0.5) is 10.5 Å². The van der Waals surface area contributed by atoms with Gasteiger partial charge in [0.25, 0.3) is 5.24 Å². The molecule has 30 heavy (non-hydrogen) atoms. The summed E-state index contributed by atoms with van der Waals surface area (Å²) in [5, 5.41) is 1.17. The molecule has 0 aliphatic carbocycles. The smallest absolute Gasteiger partial charge is 0.337 e. The van der Waals surface area contributed by atoms with E-state index in [1.54, 1.807) is 30.3 Å². The number of esters is 1. The second kappa shape index (κ2) is 9.36. The fourth-order valence-corrected chi connectivity index (χ4v) is 3.81. The Hall–Kier alpha value is -3.46. The van der Waals surface area contributed by atoms with Crippen LogP contribution in [0.15, 0.2) is 54.6 Å². The lowest BCUT2D eigenvalue weighted by atomic mass is 10.1. The number of anilines is 1. The fourth-order valence-electron chi connectivity index (χ4n) is 2.82. The predicted octanol–water partition coefficient (Wildman–Crippen LogP) is 2.75. The summed E-state index contributed by atoms with van der Waals surface area (Å²) < 4.78 is 4.61. The largest absolute Gasteiger partial charge is 0.465 e. The molecule has 154 valence electrons. The first-order chi connectivity index (χ1) is 14.4. The number of hydrogen-bond acceptors (Lipinski definition) is 7. The van der Waals surface area contributed by atoms with Crippen LogP contribution in [-0.4, -0.2) is 52.6 Å². The minimum atomic E-state index is -0.893. The molecule has 2 aromatic carbocycles. The topological polar surface area (TPSA) is 110 Å². The van der Waals surface area contributed by atoms with E-state index in [4.69, 9.17) is 0 Å². The van der Waals surface area contributed by atoms with Gasteiger partial charge in [-0.2, -0.15) is 0 Å². The highest BCUT2D eigenvalue weighted by atomic mass is 32.2. The lowest BCUT2D eigenvalue weighted by molar-refractivity contribution is -0.128. The number of nitrogens with one attached hydrogen (secondary N) is 1. The van der Waals surface area contributed by atoms with Gasteiger partial charge in [-0.3, -0.25) is 24.1 Å². The van der Waals surface area contributed by atoms with Crippen LogP contribution in [0.2, 0.25) is 0 Å². The number of hydrogen-bond donors (Lipinski definition) is 1. The van der Waals surface area contributed by atoms with E-state index in [1.165, 1.54) is 31.4 Å². The molecule has 1 heterocycles. The average molecular weight is 426 g/mol. The number of methoxy groups -OCH3 is 1. The van der Waals surface area contributed by atoms with Crippen molar-refractivity contribution in [1.82, 2.24) is 4.90 Å². The van der Waals surface area contributed by atoms with E-state index in [9.17, 15) is 24.0 Å². The van der Waals surface area contributed by atoms with Crippen LogP contribution in [0.1, 0.15) is 27.1 Å². The van der Waals surface area contributed by atoms with Crippen LogP contribution in [0, 0.1) is 0 Å². The van der Waals surface area contributed by atoms with Crippen LogP contribution in [-0.2, 0) is 14.3 Å². The van der Waals surface area contributed by atoms with Gasteiger partial charge in [0.1, 0.15) is 5.25 Å². The van der Waals surface area contributed by atoms with Gasteiger partial charge in [0, 0.05) is 17.7 Å². The lowest BCUT2D eigenvalue weighted by Crippen LogP contribution is -2.36. The molecule has 1 N–H and O–H groups in total. The van der Waals surface area contributed by atoms with E-state index >= 15 is 0 Å². The molecule has 0 unspecified atom stereocenters. The number of imide groups is 1. The number of carbonyl (C=O) groups is 5. The molecule has 1 aliphatic rings. The van der Waals surface area contributed by atoms with Crippen LogP contribution in [0.5, 0.6) is 0 Å². The SMILES string of the molecule is COC(=O)c1ccc(NC(=O)C[C@H]2SC(=O)N(CC(=O)c3ccccc3)C2=O)cc1. The number of benzene rings is 2. The number of nitrogens with zero attached hydrogens (tertiary/aromatic N) is 1. The number of rotatable bonds is 7. The minimum Gasteiger partial charge on any atom is -0.465 e. The van der Waals surface area contributed by atoms with Gasteiger partial charge in [-0.15, -0.1) is 0 Å². The summed E-state index contributed by atoms with van der Waals surface area (Å²) in [4.78, 5) is 61.6. The van der Waals surface area contributed by atoms with Gasteiger partial charge in [-0.25, -0.2) is 4.79 Å². The maximum atomic E-state index is 12.5. The van der Waals surface area contributed by atoms with Crippen molar-refractivity contribution < 1.29 is 28.7 Å². The Morgan fingerprint density at radius 2 is 1.67 bits per heavy atom. The Balaban J connectivity index is 1.57. The highest BCUT2D eigenvalue weighted by Gasteiger charge is 2.41. The normalized spacial score (nSPS) is 15.8. The molecule has 8 nitrogen and oxygen atoms in total. The summed E-state index contributed by atoms with van der Waals surface area (Å²) in [5.41, 5.74) is 1.17. The first-order valence-electron chi connectivity index (χ1n) is 8.97.